The van der Waals surface area contributed by atoms with Crippen LogP contribution in [0.2, 0.25) is 0 Å². The second-order valence-corrected chi connectivity index (χ2v) is 6.61. The highest BCUT2D eigenvalue weighted by Gasteiger charge is 2.16. The zero-order valence-corrected chi connectivity index (χ0v) is 13.3. The van der Waals surface area contributed by atoms with Crippen molar-refractivity contribution in [2.24, 2.45) is 5.92 Å². The molecular weight excluding hydrogens is 280 g/mol. The van der Waals surface area contributed by atoms with Crippen molar-refractivity contribution in [1.82, 2.24) is 20.2 Å². The third kappa shape index (κ3) is 4.09. The fourth-order valence-corrected chi connectivity index (χ4v) is 3.62. The summed E-state index contributed by atoms with van der Waals surface area (Å²) in [6.07, 6.45) is 4.40. The predicted octanol–water partition coefficient (Wildman–Crippen LogP) is 2.64. The lowest BCUT2D eigenvalue weighted by molar-refractivity contribution is 0.233. The Labute approximate surface area is 130 Å². The molecule has 1 saturated heterocycles. The van der Waals surface area contributed by atoms with Gasteiger partial charge in [-0.25, -0.2) is 4.98 Å². The molecule has 3 rings (SSSR count). The van der Waals surface area contributed by atoms with Crippen LogP contribution in [-0.4, -0.2) is 41.5 Å². The molecule has 0 spiro atoms. The van der Waals surface area contributed by atoms with Crippen molar-refractivity contribution in [3.05, 3.63) is 35.5 Å². The van der Waals surface area contributed by atoms with Gasteiger partial charge < -0.3 is 10.2 Å². The van der Waals surface area contributed by atoms with E-state index in [1.807, 2.05) is 24.4 Å². The number of pyridine rings is 1. The summed E-state index contributed by atoms with van der Waals surface area (Å²) in [7, 11) is 2.20. The number of nitrogens with zero attached hydrogens (tertiary/aromatic N) is 3. The highest BCUT2D eigenvalue weighted by atomic mass is 32.1. The van der Waals surface area contributed by atoms with E-state index in [1.54, 1.807) is 11.3 Å². The minimum absolute atomic E-state index is 0.824. The molecule has 5 heteroatoms. The second-order valence-electron chi connectivity index (χ2n) is 5.75. The van der Waals surface area contributed by atoms with E-state index in [0.717, 1.165) is 35.4 Å². The summed E-state index contributed by atoms with van der Waals surface area (Å²) < 4.78 is 0. The van der Waals surface area contributed by atoms with Gasteiger partial charge in [-0.2, -0.15) is 0 Å². The Morgan fingerprint density at radius 1 is 1.33 bits per heavy atom. The molecular formula is C16H22N4S. The van der Waals surface area contributed by atoms with E-state index >= 15 is 0 Å². The van der Waals surface area contributed by atoms with Gasteiger partial charge in [-0.15, -0.1) is 11.3 Å². The first-order valence-corrected chi connectivity index (χ1v) is 8.44. The highest BCUT2D eigenvalue weighted by Crippen LogP contribution is 2.22. The molecule has 0 saturated carbocycles. The quantitative estimate of drug-likeness (QED) is 0.922. The van der Waals surface area contributed by atoms with Gasteiger partial charge in [0.2, 0.25) is 0 Å². The number of rotatable bonds is 5. The van der Waals surface area contributed by atoms with Crippen molar-refractivity contribution in [1.29, 1.82) is 0 Å². The summed E-state index contributed by atoms with van der Waals surface area (Å²) in [6.45, 7) is 4.42. The molecule has 0 atom stereocenters. The molecule has 0 aromatic carbocycles. The van der Waals surface area contributed by atoms with E-state index in [9.17, 15) is 0 Å². The molecule has 1 N–H and O–H groups in total. The topological polar surface area (TPSA) is 41.1 Å². The first-order chi connectivity index (χ1) is 10.3. The summed E-state index contributed by atoms with van der Waals surface area (Å²) in [4.78, 5) is 11.5. The standard InChI is InChI=1S/C16H22N4S/c1-20(10-13-5-8-17-9-6-13)11-14-12-21-16(19-14)15-4-2-3-7-18-15/h2-4,7,12-13,17H,5-6,8-11H2,1H3. The third-order valence-corrected chi connectivity index (χ3v) is 4.81. The van der Waals surface area contributed by atoms with Gasteiger partial charge in [0.25, 0.3) is 0 Å². The van der Waals surface area contributed by atoms with Gasteiger partial charge in [-0.05, 0) is 51.0 Å². The number of hydrogen-bond acceptors (Lipinski definition) is 5. The van der Waals surface area contributed by atoms with Gasteiger partial charge in [0.1, 0.15) is 5.01 Å². The Kier molecular flexibility index (Phi) is 4.95. The van der Waals surface area contributed by atoms with Gasteiger partial charge in [-0.3, -0.25) is 4.98 Å². The van der Waals surface area contributed by atoms with Crippen molar-refractivity contribution < 1.29 is 0 Å². The van der Waals surface area contributed by atoms with Crippen molar-refractivity contribution in [2.75, 3.05) is 26.7 Å². The Morgan fingerprint density at radius 2 is 2.19 bits per heavy atom. The lowest BCUT2D eigenvalue weighted by Crippen LogP contribution is -2.34. The predicted molar refractivity (Wildman–Crippen MR) is 87.3 cm³/mol. The molecule has 0 radical (unpaired) electrons. The number of aromatic nitrogens is 2. The summed E-state index contributed by atoms with van der Waals surface area (Å²) in [5, 5.41) is 6.59. The molecule has 0 unspecified atom stereocenters. The average Bonchev–Trinajstić information content (AvgIpc) is 2.97. The van der Waals surface area contributed by atoms with Gasteiger partial charge in [0, 0.05) is 24.7 Å². The smallest absolute Gasteiger partial charge is 0.142 e. The average molecular weight is 302 g/mol. The fraction of sp³-hybridized carbons (Fsp3) is 0.500. The van der Waals surface area contributed by atoms with Crippen LogP contribution in [0.3, 0.4) is 0 Å². The van der Waals surface area contributed by atoms with Gasteiger partial charge in [0.15, 0.2) is 0 Å². The van der Waals surface area contributed by atoms with Crippen LogP contribution >= 0.6 is 11.3 Å². The monoisotopic (exact) mass is 302 g/mol. The van der Waals surface area contributed by atoms with Crippen LogP contribution in [-0.2, 0) is 6.54 Å². The molecule has 0 amide bonds. The molecule has 21 heavy (non-hydrogen) atoms. The van der Waals surface area contributed by atoms with E-state index in [1.165, 1.54) is 25.9 Å². The maximum absolute atomic E-state index is 4.72. The highest BCUT2D eigenvalue weighted by molar-refractivity contribution is 7.13. The molecule has 1 fully saturated rings. The molecule has 2 aromatic rings. The number of thiazole rings is 1. The van der Waals surface area contributed by atoms with Crippen LogP contribution in [0.15, 0.2) is 29.8 Å². The van der Waals surface area contributed by atoms with Crippen molar-refractivity contribution in [3.8, 4) is 10.7 Å². The van der Waals surface area contributed by atoms with E-state index < -0.39 is 0 Å². The SMILES string of the molecule is CN(Cc1csc(-c2ccccn2)n1)CC1CCNCC1. The Hall–Kier alpha value is -1.30. The van der Waals surface area contributed by atoms with Gasteiger partial charge >= 0.3 is 0 Å². The maximum Gasteiger partial charge on any atom is 0.142 e. The Bertz CT molecular complexity index is 548. The molecule has 2 aromatic heterocycles. The summed E-state index contributed by atoms with van der Waals surface area (Å²) in [5.41, 5.74) is 2.12. The second kappa shape index (κ2) is 7.11. The Morgan fingerprint density at radius 3 is 2.95 bits per heavy atom. The summed E-state index contributed by atoms with van der Waals surface area (Å²) >= 11 is 1.68. The summed E-state index contributed by atoms with van der Waals surface area (Å²) in [5.74, 6) is 0.824. The van der Waals surface area contributed by atoms with Crippen LogP contribution < -0.4 is 5.32 Å². The largest absolute Gasteiger partial charge is 0.317 e. The molecule has 0 aliphatic carbocycles. The van der Waals surface area contributed by atoms with E-state index in [4.69, 9.17) is 4.98 Å². The van der Waals surface area contributed by atoms with E-state index in [0.29, 0.717) is 0 Å². The minimum Gasteiger partial charge on any atom is -0.317 e. The van der Waals surface area contributed by atoms with Crippen molar-refractivity contribution >= 4 is 11.3 Å². The maximum atomic E-state index is 4.72. The van der Waals surface area contributed by atoms with Crippen LogP contribution in [0.5, 0.6) is 0 Å². The van der Waals surface area contributed by atoms with Crippen LogP contribution in [0.1, 0.15) is 18.5 Å². The van der Waals surface area contributed by atoms with Gasteiger partial charge in [-0.1, -0.05) is 6.07 Å². The van der Waals surface area contributed by atoms with E-state index in [2.05, 4.69) is 27.6 Å². The van der Waals surface area contributed by atoms with Crippen LogP contribution in [0.4, 0.5) is 0 Å². The lowest BCUT2D eigenvalue weighted by Gasteiger charge is -2.27. The molecule has 112 valence electrons. The van der Waals surface area contributed by atoms with Crippen LogP contribution in [0.25, 0.3) is 10.7 Å². The molecule has 1 aliphatic heterocycles. The number of piperidine rings is 1. The number of nitrogens with one attached hydrogen (secondary N) is 1. The van der Waals surface area contributed by atoms with Gasteiger partial charge in [0.05, 0.1) is 11.4 Å². The van der Waals surface area contributed by atoms with Crippen molar-refractivity contribution in [3.63, 3.8) is 0 Å². The summed E-state index contributed by atoms with van der Waals surface area (Å²) in [6, 6.07) is 5.96. The normalized spacial score (nSPS) is 16.5. The first-order valence-electron chi connectivity index (χ1n) is 7.56. The zero-order chi connectivity index (χ0) is 14.5. The fourth-order valence-electron chi connectivity index (χ4n) is 2.83. The molecule has 3 heterocycles. The Balaban J connectivity index is 1.56. The number of hydrogen-bond donors (Lipinski definition) is 1. The first kappa shape index (κ1) is 14.6. The molecule has 1 aliphatic rings. The zero-order valence-electron chi connectivity index (χ0n) is 12.5. The third-order valence-electron chi connectivity index (χ3n) is 3.90. The van der Waals surface area contributed by atoms with Crippen molar-refractivity contribution in [2.45, 2.75) is 19.4 Å². The van der Waals surface area contributed by atoms with Crippen LogP contribution in [0, 0.1) is 5.92 Å². The van der Waals surface area contributed by atoms with E-state index in [-0.39, 0.29) is 0 Å². The molecule has 4 nitrogen and oxygen atoms in total. The minimum atomic E-state index is 0.824. The molecule has 0 bridgehead atoms. The lowest BCUT2D eigenvalue weighted by atomic mass is 9.98.